The van der Waals surface area contributed by atoms with E-state index < -0.39 is 6.16 Å². The van der Waals surface area contributed by atoms with Crippen LogP contribution in [-0.2, 0) is 0 Å². The van der Waals surface area contributed by atoms with E-state index in [2.05, 4.69) is 0 Å². The number of hydrogen-bond acceptors (Lipinski definition) is 4. The smallest absolute Gasteiger partial charge is 0.890 e. The van der Waals surface area contributed by atoms with E-state index in [0.29, 0.717) is 0 Å². The Labute approximate surface area is 77.9 Å². The standard InChI is InChI=1S/CO4.2Mg.H2O/c2-1(3,4)5;;;/h;;;1H2/q-4;2*+2;. The van der Waals surface area contributed by atoms with Gasteiger partial charge in [0.25, 0.3) is 0 Å². The average molecular weight is 143 g/mol. The van der Waals surface area contributed by atoms with Crippen molar-refractivity contribution < 1.29 is 25.9 Å². The van der Waals surface area contributed by atoms with Crippen LogP contribution in [0.5, 0.6) is 0 Å². The van der Waals surface area contributed by atoms with Gasteiger partial charge in [-0.3, -0.25) is 0 Å². The fraction of sp³-hybridized carbons (Fsp3) is 1.00. The van der Waals surface area contributed by atoms with E-state index in [1.54, 1.807) is 0 Å². The summed E-state index contributed by atoms with van der Waals surface area (Å²) < 4.78 is 0. The average Bonchev–Trinajstić information content (AvgIpc) is 0.722. The molecule has 0 aliphatic rings. The Morgan fingerprint density at radius 1 is 0.750 bits per heavy atom. The van der Waals surface area contributed by atoms with Crippen LogP contribution in [0.1, 0.15) is 0 Å². The van der Waals surface area contributed by atoms with E-state index in [4.69, 9.17) is 20.4 Å². The van der Waals surface area contributed by atoms with Crippen molar-refractivity contribution in [3.63, 3.8) is 0 Å². The zero-order valence-electron chi connectivity index (χ0n) is 4.05. The first-order valence-electron chi connectivity index (χ1n) is 0.816. The van der Waals surface area contributed by atoms with Crippen LogP contribution < -0.4 is 20.4 Å². The molecule has 0 saturated heterocycles. The molecule has 0 amide bonds. The summed E-state index contributed by atoms with van der Waals surface area (Å²) in [4.78, 5) is 0. The summed E-state index contributed by atoms with van der Waals surface area (Å²) in [5, 5.41) is 33.8. The van der Waals surface area contributed by atoms with Crippen molar-refractivity contribution in [1.29, 1.82) is 0 Å². The van der Waals surface area contributed by atoms with Crippen molar-refractivity contribution in [3.05, 3.63) is 0 Å². The minimum absolute atomic E-state index is 0. The van der Waals surface area contributed by atoms with Crippen LogP contribution >= 0.6 is 0 Å². The normalized spacial score (nSPS) is 7.50. The summed E-state index contributed by atoms with van der Waals surface area (Å²) in [6, 6.07) is 0. The number of hydrogen-bond donors (Lipinski definition) is 0. The molecule has 0 aromatic rings. The molecule has 5 nitrogen and oxygen atoms in total. The van der Waals surface area contributed by atoms with Crippen LogP contribution in [0.4, 0.5) is 0 Å². The third kappa shape index (κ3) is 166. The fourth-order valence-electron chi connectivity index (χ4n) is 0. The molecule has 2 N–H and O–H groups in total. The molecule has 7 heteroatoms. The molecule has 0 fully saturated rings. The Morgan fingerprint density at radius 2 is 0.750 bits per heavy atom. The molecular weight excluding hydrogens is 141 g/mol. The van der Waals surface area contributed by atoms with Crippen LogP contribution in [-0.4, -0.2) is 57.7 Å². The van der Waals surface area contributed by atoms with Crippen molar-refractivity contribution in [2.24, 2.45) is 0 Å². The van der Waals surface area contributed by atoms with Crippen molar-refractivity contribution in [1.82, 2.24) is 0 Å². The zero-order chi connectivity index (χ0) is 4.50. The Morgan fingerprint density at radius 3 is 0.750 bits per heavy atom. The Kier molecular flexibility index (Phi) is 23.7. The van der Waals surface area contributed by atoms with E-state index in [1.807, 2.05) is 0 Å². The van der Waals surface area contributed by atoms with Gasteiger partial charge in [0.1, 0.15) is 0 Å². The van der Waals surface area contributed by atoms with Crippen molar-refractivity contribution in [3.8, 4) is 0 Å². The first-order valence-corrected chi connectivity index (χ1v) is 0.816. The quantitative estimate of drug-likeness (QED) is 0.246. The van der Waals surface area contributed by atoms with Crippen molar-refractivity contribution in [2.45, 2.75) is 6.16 Å². The van der Waals surface area contributed by atoms with Gasteiger partial charge in [-0.05, 0) is 0 Å². The van der Waals surface area contributed by atoms with Crippen LogP contribution in [0.3, 0.4) is 0 Å². The predicted octanol–water partition coefficient (Wildman–Crippen LogP) is -6.55. The summed E-state index contributed by atoms with van der Waals surface area (Å²) in [5.74, 6) is 0. The molecule has 0 aromatic carbocycles. The van der Waals surface area contributed by atoms with Crippen LogP contribution in [0.15, 0.2) is 0 Å². The van der Waals surface area contributed by atoms with Gasteiger partial charge in [-0.15, -0.1) is 0 Å². The third-order valence-electron chi connectivity index (χ3n) is 0. The van der Waals surface area contributed by atoms with E-state index in [1.165, 1.54) is 0 Å². The molecule has 0 spiro atoms. The molecular formula is CH2Mg2O5. The van der Waals surface area contributed by atoms with Crippen LogP contribution in [0.25, 0.3) is 0 Å². The number of rotatable bonds is 0. The van der Waals surface area contributed by atoms with E-state index in [9.17, 15) is 0 Å². The van der Waals surface area contributed by atoms with Gasteiger partial charge in [0, 0.05) is 0 Å². The minimum atomic E-state index is -4.50. The molecule has 0 atom stereocenters. The maximum Gasteiger partial charge on any atom is 2.00 e. The SMILES string of the molecule is O.[Mg+2].[Mg+2].[O-]C([O-])([O-])[O-]. The van der Waals surface area contributed by atoms with E-state index >= 15 is 0 Å². The van der Waals surface area contributed by atoms with Gasteiger partial charge in [-0.2, -0.15) is 0 Å². The van der Waals surface area contributed by atoms with Crippen LogP contribution in [0, 0.1) is 0 Å². The molecule has 0 saturated carbocycles. The second-order valence-electron chi connectivity index (χ2n) is 0.500. The van der Waals surface area contributed by atoms with Crippen molar-refractivity contribution >= 4 is 46.1 Å². The Hall–Kier alpha value is 1.33. The predicted molar refractivity (Wildman–Crippen MR) is 17.9 cm³/mol. The summed E-state index contributed by atoms with van der Waals surface area (Å²) >= 11 is 0. The second kappa shape index (κ2) is 8.33. The first-order chi connectivity index (χ1) is 2.00. The topological polar surface area (TPSA) is 124 Å². The fourth-order valence-corrected chi connectivity index (χ4v) is 0. The molecule has 0 heterocycles. The summed E-state index contributed by atoms with van der Waals surface area (Å²) in [6.45, 7) is 0. The van der Waals surface area contributed by atoms with Gasteiger partial charge in [0.15, 0.2) is 0 Å². The molecule has 0 bridgehead atoms. The molecule has 0 rings (SSSR count). The largest absolute Gasteiger partial charge is 2.00 e. The summed E-state index contributed by atoms with van der Waals surface area (Å²) in [6.07, 6.45) is -4.50. The Balaban J connectivity index is -0.0000000267. The molecule has 0 aliphatic heterocycles. The molecule has 0 radical (unpaired) electrons. The maximum absolute atomic E-state index is 8.44. The van der Waals surface area contributed by atoms with E-state index in [-0.39, 0.29) is 51.6 Å². The van der Waals surface area contributed by atoms with Crippen molar-refractivity contribution in [2.75, 3.05) is 0 Å². The summed E-state index contributed by atoms with van der Waals surface area (Å²) in [5.41, 5.74) is 0. The van der Waals surface area contributed by atoms with Gasteiger partial charge < -0.3 is 32.1 Å². The first kappa shape index (κ1) is 22.8. The monoisotopic (exact) mass is 142 g/mol. The van der Waals surface area contributed by atoms with Gasteiger partial charge in [-0.1, -0.05) is 0 Å². The molecule has 8 heavy (non-hydrogen) atoms. The van der Waals surface area contributed by atoms with Gasteiger partial charge >= 0.3 is 46.1 Å². The molecule has 0 aliphatic carbocycles. The third-order valence-corrected chi connectivity index (χ3v) is 0. The maximum atomic E-state index is 8.44. The second-order valence-corrected chi connectivity index (χ2v) is 0.500. The molecule has 0 unspecified atom stereocenters. The van der Waals surface area contributed by atoms with Crippen LogP contribution in [0.2, 0.25) is 0 Å². The van der Waals surface area contributed by atoms with E-state index in [0.717, 1.165) is 0 Å². The van der Waals surface area contributed by atoms with Gasteiger partial charge in [0.2, 0.25) is 0 Å². The minimum Gasteiger partial charge on any atom is -0.890 e. The van der Waals surface area contributed by atoms with Gasteiger partial charge in [-0.25, -0.2) is 0 Å². The zero-order valence-corrected chi connectivity index (χ0v) is 6.88. The molecule has 40 valence electrons. The summed E-state index contributed by atoms with van der Waals surface area (Å²) in [7, 11) is 0. The van der Waals surface area contributed by atoms with Gasteiger partial charge in [0.05, 0.1) is 0 Å². The molecule has 0 aromatic heterocycles. The Bertz CT molecular complexity index is 25.9.